The monoisotopic (exact) mass is 520 g/mol. The van der Waals surface area contributed by atoms with Gasteiger partial charge in [-0.3, -0.25) is 19.2 Å². The van der Waals surface area contributed by atoms with Crippen molar-refractivity contribution in [3.05, 3.63) is 23.3 Å². The van der Waals surface area contributed by atoms with E-state index in [1.54, 1.807) is 0 Å². The molecule has 3 aliphatic rings. The summed E-state index contributed by atoms with van der Waals surface area (Å²) in [5.41, 5.74) is 0.191. The van der Waals surface area contributed by atoms with Gasteiger partial charge >= 0.3 is 23.9 Å². The van der Waals surface area contributed by atoms with E-state index < -0.39 is 77.1 Å². The van der Waals surface area contributed by atoms with Crippen LogP contribution in [0.5, 0.6) is 0 Å². The highest BCUT2D eigenvalue weighted by Gasteiger charge is 2.64. The molecule has 2 fully saturated rings. The normalized spacial score (nSPS) is 36.9. The van der Waals surface area contributed by atoms with Gasteiger partial charge in [0.05, 0.1) is 6.10 Å². The van der Waals surface area contributed by atoms with Crippen molar-refractivity contribution in [2.75, 3.05) is 0 Å². The summed E-state index contributed by atoms with van der Waals surface area (Å²) in [6.07, 6.45) is -3.19. The lowest BCUT2D eigenvalue weighted by molar-refractivity contribution is -0.203. The summed E-state index contributed by atoms with van der Waals surface area (Å²) in [5.74, 6) is -3.15. The molecule has 0 heterocycles. The molecular weight excluding hydrogens is 480 g/mol. The summed E-state index contributed by atoms with van der Waals surface area (Å²) >= 11 is 0. The molecule has 0 amide bonds. The SMILES string of the molecule is C=C1[C@@H]2[C@H](OC(C)=O)[C@@H]3C[C@H](OC(C)=O)C(C)=C([C@H](OC(C)=O)[C@H](OC(C)=O)[C@@]2(C)CC[C@@H]1O)C3(C)C. The Morgan fingerprint density at radius 1 is 0.892 bits per heavy atom. The fourth-order valence-corrected chi connectivity index (χ4v) is 7.13. The molecule has 0 spiro atoms. The first-order chi connectivity index (χ1) is 17.0. The van der Waals surface area contributed by atoms with E-state index in [-0.39, 0.29) is 0 Å². The number of rotatable bonds is 4. The van der Waals surface area contributed by atoms with E-state index in [0.29, 0.717) is 36.0 Å². The first-order valence-electron chi connectivity index (χ1n) is 12.8. The smallest absolute Gasteiger partial charge is 0.303 e. The van der Waals surface area contributed by atoms with Gasteiger partial charge < -0.3 is 24.1 Å². The van der Waals surface area contributed by atoms with Gasteiger partial charge in [0, 0.05) is 44.9 Å². The summed E-state index contributed by atoms with van der Waals surface area (Å²) in [6.45, 7) is 17.1. The van der Waals surface area contributed by atoms with Crippen molar-refractivity contribution >= 4 is 23.9 Å². The Balaban J connectivity index is 2.43. The lowest BCUT2D eigenvalue weighted by Crippen LogP contribution is -2.64. The van der Waals surface area contributed by atoms with E-state index in [0.717, 1.165) is 0 Å². The van der Waals surface area contributed by atoms with Gasteiger partial charge in [0.25, 0.3) is 0 Å². The summed E-state index contributed by atoms with van der Waals surface area (Å²) in [6, 6.07) is 0. The highest BCUT2D eigenvalue weighted by atomic mass is 16.6. The Kier molecular flexibility index (Phi) is 7.99. The van der Waals surface area contributed by atoms with Gasteiger partial charge in [0.2, 0.25) is 0 Å². The first kappa shape index (κ1) is 28.9. The Morgan fingerprint density at radius 2 is 1.43 bits per heavy atom. The van der Waals surface area contributed by atoms with Crippen LogP contribution in [-0.2, 0) is 38.1 Å². The van der Waals surface area contributed by atoms with Crippen molar-refractivity contribution in [1.29, 1.82) is 0 Å². The number of aliphatic hydroxyl groups excluding tert-OH is 1. The standard InChI is InChI=1S/C28H40O9/c1-13-20(33)10-11-28(9)23(13)24(35-16(4)30)19-12-21(34-15(3)29)14(2)22(27(19,7)8)25(36-17(5)31)26(28)37-18(6)32/h19-21,23-26,33H,1,10-12H2,2-9H3/t19-,20-,21-,23+,24+,25-,26-,28-/m0/s1. The van der Waals surface area contributed by atoms with Crippen LogP contribution in [0.15, 0.2) is 23.3 Å². The van der Waals surface area contributed by atoms with E-state index in [4.69, 9.17) is 18.9 Å². The molecule has 8 atom stereocenters. The van der Waals surface area contributed by atoms with Gasteiger partial charge in [-0.05, 0) is 48.3 Å². The van der Waals surface area contributed by atoms with Crippen LogP contribution >= 0.6 is 0 Å². The first-order valence-corrected chi connectivity index (χ1v) is 12.8. The third kappa shape index (κ3) is 5.19. The predicted molar refractivity (Wildman–Crippen MR) is 133 cm³/mol. The van der Waals surface area contributed by atoms with Gasteiger partial charge in [-0.1, -0.05) is 27.4 Å². The van der Waals surface area contributed by atoms with Crippen molar-refractivity contribution in [2.24, 2.45) is 22.7 Å². The zero-order valence-corrected chi connectivity index (χ0v) is 23.1. The number of esters is 4. The van der Waals surface area contributed by atoms with Crippen molar-refractivity contribution in [3.63, 3.8) is 0 Å². The maximum atomic E-state index is 12.5. The molecule has 0 aliphatic heterocycles. The number of aliphatic hydroxyl groups is 1. The molecular formula is C28H40O9. The minimum absolute atomic E-state index is 0.348. The van der Waals surface area contributed by atoms with E-state index in [1.807, 2.05) is 27.7 Å². The fourth-order valence-electron chi connectivity index (χ4n) is 7.13. The van der Waals surface area contributed by atoms with Crippen LogP contribution in [0.1, 0.15) is 74.7 Å². The lowest BCUT2D eigenvalue weighted by atomic mass is 9.49. The maximum absolute atomic E-state index is 12.5. The van der Waals surface area contributed by atoms with Crippen molar-refractivity contribution in [2.45, 2.75) is 105 Å². The summed E-state index contributed by atoms with van der Waals surface area (Å²) in [7, 11) is 0. The van der Waals surface area contributed by atoms with Crippen LogP contribution < -0.4 is 0 Å². The van der Waals surface area contributed by atoms with Crippen LogP contribution in [0.2, 0.25) is 0 Å². The quantitative estimate of drug-likeness (QED) is 0.337. The van der Waals surface area contributed by atoms with Gasteiger partial charge in [0.1, 0.15) is 18.3 Å². The second-order valence-corrected chi connectivity index (χ2v) is 11.5. The molecule has 1 N–H and O–H groups in total. The number of ether oxygens (including phenoxy) is 4. The minimum atomic E-state index is -0.994. The van der Waals surface area contributed by atoms with Crippen LogP contribution in [0, 0.1) is 22.7 Å². The minimum Gasteiger partial charge on any atom is -0.462 e. The average Bonchev–Trinajstić information content (AvgIpc) is 2.74. The fraction of sp³-hybridized carbons (Fsp3) is 0.714. The number of hydrogen-bond donors (Lipinski definition) is 1. The van der Waals surface area contributed by atoms with Crippen molar-refractivity contribution < 1.29 is 43.2 Å². The van der Waals surface area contributed by atoms with E-state index in [1.165, 1.54) is 27.7 Å². The van der Waals surface area contributed by atoms with E-state index >= 15 is 0 Å². The van der Waals surface area contributed by atoms with Crippen molar-refractivity contribution in [1.82, 2.24) is 0 Å². The number of hydrogen-bond acceptors (Lipinski definition) is 9. The Labute approximate surface area is 218 Å². The topological polar surface area (TPSA) is 125 Å². The zero-order valence-electron chi connectivity index (χ0n) is 23.1. The predicted octanol–water partition coefficient (Wildman–Crippen LogP) is 3.42. The second-order valence-electron chi connectivity index (χ2n) is 11.5. The summed E-state index contributed by atoms with van der Waals surface area (Å²) < 4.78 is 23.7. The highest BCUT2D eigenvalue weighted by Crippen LogP contribution is 2.61. The van der Waals surface area contributed by atoms with Crippen LogP contribution in [-0.4, -0.2) is 59.5 Å². The molecule has 3 rings (SSSR count). The molecule has 2 saturated carbocycles. The molecule has 0 aromatic carbocycles. The lowest BCUT2D eigenvalue weighted by Gasteiger charge is -2.60. The third-order valence-electron chi connectivity index (χ3n) is 8.62. The maximum Gasteiger partial charge on any atom is 0.303 e. The Morgan fingerprint density at radius 3 is 1.95 bits per heavy atom. The molecule has 0 aromatic rings. The number of carbonyl (C=O) groups excluding carboxylic acids is 4. The summed E-state index contributed by atoms with van der Waals surface area (Å²) in [5, 5.41) is 10.9. The van der Waals surface area contributed by atoms with Crippen LogP contribution in [0.3, 0.4) is 0 Å². The van der Waals surface area contributed by atoms with Crippen LogP contribution in [0.4, 0.5) is 0 Å². The van der Waals surface area contributed by atoms with Gasteiger partial charge in [-0.15, -0.1) is 0 Å². The second kappa shape index (κ2) is 10.2. The summed E-state index contributed by atoms with van der Waals surface area (Å²) in [4.78, 5) is 49.5. The number of carbonyl (C=O) groups is 4. The molecule has 0 aromatic heterocycles. The highest BCUT2D eigenvalue weighted by molar-refractivity contribution is 5.69. The Hall–Kier alpha value is -2.68. The molecule has 0 unspecified atom stereocenters. The third-order valence-corrected chi connectivity index (χ3v) is 8.62. The zero-order chi connectivity index (χ0) is 28.0. The van der Waals surface area contributed by atoms with Crippen LogP contribution in [0.25, 0.3) is 0 Å². The molecule has 9 nitrogen and oxygen atoms in total. The molecule has 206 valence electrons. The van der Waals surface area contributed by atoms with Gasteiger partial charge in [-0.25, -0.2) is 0 Å². The molecule has 0 saturated heterocycles. The number of fused-ring (bicyclic) bond motifs is 3. The van der Waals surface area contributed by atoms with Crippen molar-refractivity contribution in [3.8, 4) is 0 Å². The molecule has 2 bridgehead atoms. The molecule has 3 aliphatic carbocycles. The molecule has 9 heteroatoms. The van der Waals surface area contributed by atoms with E-state index in [2.05, 4.69) is 6.58 Å². The van der Waals surface area contributed by atoms with Gasteiger partial charge in [-0.2, -0.15) is 0 Å². The Bertz CT molecular complexity index is 1020. The average molecular weight is 521 g/mol. The molecule has 0 radical (unpaired) electrons. The molecule has 37 heavy (non-hydrogen) atoms. The van der Waals surface area contributed by atoms with Gasteiger partial charge in [0.15, 0.2) is 6.10 Å². The largest absolute Gasteiger partial charge is 0.462 e. The van der Waals surface area contributed by atoms with E-state index in [9.17, 15) is 24.3 Å².